The van der Waals surface area contributed by atoms with Gasteiger partial charge in [-0.25, -0.2) is 0 Å². The molecule has 3 nitrogen and oxygen atoms in total. The predicted molar refractivity (Wildman–Crippen MR) is 64.6 cm³/mol. The minimum atomic E-state index is 0.759. The molecule has 0 heterocycles. The summed E-state index contributed by atoms with van der Waals surface area (Å²) in [5, 5.41) is 7.05. The monoisotopic (exact) mass is 218 g/mol. The van der Waals surface area contributed by atoms with Crippen molar-refractivity contribution in [2.75, 3.05) is 26.3 Å². The fraction of sp³-hybridized carbons (Fsp3) is 0.900. The van der Waals surface area contributed by atoms with Crippen LogP contribution in [0.2, 0.25) is 0 Å². The second kappa shape index (κ2) is 10.7. The number of nitrogens with one attached hydrogen (secondary N) is 2. The van der Waals surface area contributed by atoms with Crippen LogP contribution in [0.25, 0.3) is 0 Å². The van der Waals surface area contributed by atoms with Crippen LogP contribution in [-0.4, -0.2) is 31.4 Å². The zero-order chi connectivity index (χ0) is 10.6. The number of thiocarbonyl (C=S) groups is 1. The number of rotatable bonds is 8. The lowest BCUT2D eigenvalue weighted by Crippen LogP contribution is -2.36. The van der Waals surface area contributed by atoms with Crippen LogP contribution in [0.4, 0.5) is 0 Å². The zero-order valence-corrected chi connectivity index (χ0v) is 10.1. The van der Waals surface area contributed by atoms with Gasteiger partial charge < -0.3 is 15.4 Å². The van der Waals surface area contributed by atoms with Crippen molar-refractivity contribution in [1.82, 2.24) is 10.6 Å². The van der Waals surface area contributed by atoms with E-state index in [0.29, 0.717) is 0 Å². The molecule has 0 fully saturated rings. The maximum absolute atomic E-state index is 5.21. The molecule has 0 bridgehead atoms. The minimum absolute atomic E-state index is 0.759. The van der Waals surface area contributed by atoms with E-state index in [2.05, 4.69) is 17.6 Å². The van der Waals surface area contributed by atoms with Crippen molar-refractivity contribution in [3.8, 4) is 0 Å². The zero-order valence-electron chi connectivity index (χ0n) is 9.27. The summed E-state index contributed by atoms with van der Waals surface area (Å²) in [5.74, 6) is 0. The van der Waals surface area contributed by atoms with Gasteiger partial charge >= 0.3 is 0 Å². The molecule has 0 amide bonds. The van der Waals surface area contributed by atoms with Crippen molar-refractivity contribution in [2.24, 2.45) is 0 Å². The van der Waals surface area contributed by atoms with Gasteiger partial charge in [0.2, 0.25) is 0 Å². The summed E-state index contributed by atoms with van der Waals surface area (Å²) >= 11 is 5.08. The van der Waals surface area contributed by atoms with E-state index in [1.807, 2.05) is 6.92 Å². The summed E-state index contributed by atoms with van der Waals surface area (Å²) in [4.78, 5) is 0. The average molecular weight is 218 g/mol. The van der Waals surface area contributed by atoms with Crippen LogP contribution in [0.1, 0.15) is 33.1 Å². The Hall–Kier alpha value is -0.350. The molecular formula is C10H22N2OS. The molecule has 0 aromatic carbocycles. The van der Waals surface area contributed by atoms with E-state index in [0.717, 1.165) is 37.8 Å². The molecule has 0 saturated heterocycles. The quantitative estimate of drug-likeness (QED) is 0.480. The van der Waals surface area contributed by atoms with E-state index in [1.165, 1.54) is 12.8 Å². The summed E-state index contributed by atoms with van der Waals surface area (Å²) in [6.07, 6.45) is 3.37. The summed E-state index contributed by atoms with van der Waals surface area (Å²) in [5.41, 5.74) is 0. The van der Waals surface area contributed by atoms with Gasteiger partial charge in [-0.1, -0.05) is 13.3 Å². The Kier molecular flexibility index (Phi) is 10.5. The average Bonchev–Trinajstić information content (AvgIpc) is 2.18. The van der Waals surface area contributed by atoms with E-state index in [-0.39, 0.29) is 0 Å². The van der Waals surface area contributed by atoms with Crippen molar-refractivity contribution in [2.45, 2.75) is 33.1 Å². The highest BCUT2D eigenvalue weighted by molar-refractivity contribution is 7.80. The van der Waals surface area contributed by atoms with Gasteiger partial charge in [0.25, 0.3) is 0 Å². The van der Waals surface area contributed by atoms with E-state index < -0.39 is 0 Å². The maximum Gasteiger partial charge on any atom is 0.166 e. The third-order valence-corrected chi connectivity index (χ3v) is 2.06. The predicted octanol–water partition coefficient (Wildman–Crippen LogP) is 1.68. The van der Waals surface area contributed by atoms with Gasteiger partial charge in [-0.15, -0.1) is 0 Å². The van der Waals surface area contributed by atoms with Crippen molar-refractivity contribution >= 4 is 17.3 Å². The fourth-order valence-corrected chi connectivity index (χ4v) is 1.17. The molecule has 0 rings (SSSR count). The third-order valence-electron chi connectivity index (χ3n) is 1.77. The molecule has 0 radical (unpaired) electrons. The standard InChI is InChI=1S/C10H22N2OS/c1-3-5-7-11-10(14)12-8-6-9-13-4-2/h3-9H2,1-2H3,(H2,11,12,14). The van der Waals surface area contributed by atoms with Crippen molar-refractivity contribution in [3.63, 3.8) is 0 Å². The molecule has 0 aliphatic carbocycles. The Balaban J connectivity index is 3.10. The van der Waals surface area contributed by atoms with E-state index >= 15 is 0 Å². The van der Waals surface area contributed by atoms with Gasteiger partial charge in [0.1, 0.15) is 0 Å². The molecule has 0 spiro atoms. The van der Waals surface area contributed by atoms with Crippen LogP contribution < -0.4 is 10.6 Å². The van der Waals surface area contributed by atoms with Crippen LogP contribution in [0.15, 0.2) is 0 Å². The van der Waals surface area contributed by atoms with E-state index in [9.17, 15) is 0 Å². The van der Waals surface area contributed by atoms with Gasteiger partial charge in [-0.3, -0.25) is 0 Å². The second-order valence-electron chi connectivity index (χ2n) is 3.09. The third kappa shape index (κ3) is 9.74. The smallest absolute Gasteiger partial charge is 0.166 e. The van der Waals surface area contributed by atoms with Gasteiger partial charge in [0, 0.05) is 26.3 Å². The first kappa shape index (κ1) is 13.7. The molecule has 2 N–H and O–H groups in total. The van der Waals surface area contributed by atoms with Crippen LogP contribution in [0, 0.1) is 0 Å². The highest BCUT2D eigenvalue weighted by Gasteiger charge is 1.93. The Labute approximate surface area is 92.6 Å². The number of ether oxygens (including phenoxy) is 1. The number of hydrogen-bond donors (Lipinski definition) is 2. The largest absolute Gasteiger partial charge is 0.382 e. The van der Waals surface area contributed by atoms with Gasteiger partial charge in [0.05, 0.1) is 0 Å². The van der Waals surface area contributed by atoms with Crippen LogP contribution >= 0.6 is 12.2 Å². The van der Waals surface area contributed by atoms with Crippen LogP contribution in [0.5, 0.6) is 0 Å². The summed E-state index contributed by atoms with van der Waals surface area (Å²) in [6, 6.07) is 0. The topological polar surface area (TPSA) is 33.3 Å². The summed E-state index contributed by atoms with van der Waals surface area (Å²) in [7, 11) is 0. The number of unbranched alkanes of at least 4 members (excludes halogenated alkanes) is 1. The first-order valence-corrected chi connectivity index (χ1v) is 5.81. The van der Waals surface area contributed by atoms with Crippen LogP contribution in [0.3, 0.4) is 0 Å². The molecule has 0 aromatic rings. The summed E-state index contributed by atoms with van der Waals surface area (Å²) in [6.45, 7) is 7.62. The van der Waals surface area contributed by atoms with Crippen molar-refractivity contribution in [1.29, 1.82) is 0 Å². The Morgan fingerprint density at radius 3 is 2.36 bits per heavy atom. The van der Waals surface area contributed by atoms with Gasteiger partial charge in [0.15, 0.2) is 5.11 Å². The molecular weight excluding hydrogens is 196 g/mol. The molecule has 4 heteroatoms. The molecule has 0 unspecified atom stereocenters. The van der Waals surface area contributed by atoms with E-state index in [1.54, 1.807) is 0 Å². The minimum Gasteiger partial charge on any atom is -0.382 e. The second-order valence-corrected chi connectivity index (χ2v) is 3.49. The first-order valence-electron chi connectivity index (χ1n) is 5.40. The Morgan fingerprint density at radius 2 is 1.79 bits per heavy atom. The highest BCUT2D eigenvalue weighted by atomic mass is 32.1. The van der Waals surface area contributed by atoms with Crippen molar-refractivity contribution < 1.29 is 4.74 Å². The lowest BCUT2D eigenvalue weighted by molar-refractivity contribution is 0.145. The summed E-state index contributed by atoms with van der Waals surface area (Å²) < 4.78 is 5.21. The Bertz CT molecular complexity index is 142. The number of hydrogen-bond acceptors (Lipinski definition) is 2. The molecule has 0 aromatic heterocycles. The molecule has 0 atom stereocenters. The SMILES string of the molecule is CCCCNC(=S)NCCCOCC. The molecule has 0 aliphatic heterocycles. The normalized spacial score (nSPS) is 9.86. The fourth-order valence-electron chi connectivity index (χ4n) is 0.962. The highest BCUT2D eigenvalue weighted by Crippen LogP contribution is 1.83. The Morgan fingerprint density at radius 1 is 1.14 bits per heavy atom. The molecule has 84 valence electrons. The van der Waals surface area contributed by atoms with Gasteiger partial charge in [-0.05, 0) is 32.0 Å². The molecule has 0 aliphatic rings. The van der Waals surface area contributed by atoms with E-state index in [4.69, 9.17) is 17.0 Å². The lowest BCUT2D eigenvalue weighted by atomic mass is 10.3. The molecule has 0 saturated carbocycles. The molecule has 14 heavy (non-hydrogen) atoms. The first-order chi connectivity index (χ1) is 6.81. The van der Waals surface area contributed by atoms with Crippen LogP contribution in [-0.2, 0) is 4.74 Å². The lowest BCUT2D eigenvalue weighted by Gasteiger charge is -2.09. The van der Waals surface area contributed by atoms with Gasteiger partial charge in [-0.2, -0.15) is 0 Å². The maximum atomic E-state index is 5.21. The van der Waals surface area contributed by atoms with Crippen molar-refractivity contribution in [3.05, 3.63) is 0 Å².